The van der Waals surface area contributed by atoms with Gasteiger partial charge in [0, 0.05) is 23.9 Å². The molecule has 17 heavy (non-hydrogen) atoms. The lowest BCUT2D eigenvalue weighted by Gasteiger charge is -2.16. The highest BCUT2D eigenvalue weighted by Gasteiger charge is 2.26. The zero-order valence-corrected chi connectivity index (χ0v) is 11.4. The summed E-state index contributed by atoms with van der Waals surface area (Å²) >= 11 is 3.41. The predicted octanol–water partition coefficient (Wildman–Crippen LogP) is 2.84. The Morgan fingerprint density at radius 3 is 3.12 bits per heavy atom. The average Bonchev–Trinajstić information content (AvgIpc) is 2.76. The van der Waals surface area contributed by atoms with Crippen molar-refractivity contribution in [2.24, 2.45) is 0 Å². The number of halogens is 1. The van der Waals surface area contributed by atoms with Gasteiger partial charge >= 0.3 is 0 Å². The van der Waals surface area contributed by atoms with Gasteiger partial charge in [-0.3, -0.25) is 4.79 Å². The van der Waals surface area contributed by atoms with E-state index in [0.717, 1.165) is 23.2 Å². The molecule has 1 fully saturated rings. The molecule has 0 aromatic heterocycles. The molecule has 0 saturated carbocycles. The third-order valence-corrected chi connectivity index (χ3v) is 3.39. The summed E-state index contributed by atoms with van der Waals surface area (Å²) in [6, 6.07) is 7.80. The SMILES string of the molecule is CCC(=O)N1CCC(Oc2cccc(Br)c2)C1. The normalized spacial score (nSPS) is 19.4. The van der Waals surface area contributed by atoms with Gasteiger partial charge in [-0.05, 0) is 18.2 Å². The minimum Gasteiger partial charge on any atom is -0.488 e. The van der Waals surface area contributed by atoms with Crippen molar-refractivity contribution in [3.63, 3.8) is 0 Å². The van der Waals surface area contributed by atoms with Crippen molar-refractivity contribution in [2.45, 2.75) is 25.9 Å². The zero-order valence-electron chi connectivity index (χ0n) is 9.86. The van der Waals surface area contributed by atoms with Gasteiger partial charge in [-0.2, -0.15) is 0 Å². The van der Waals surface area contributed by atoms with Gasteiger partial charge < -0.3 is 9.64 Å². The van der Waals surface area contributed by atoms with Gasteiger partial charge in [0.1, 0.15) is 11.9 Å². The predicted molar refractivity (Wildman–Crippen MR) is 70.0 cm³/mol. The molecule has 4 heteroatoms. The van der Waals surface area contributed by atoms with Gasteiger partial charge in [0.05, 0.1) is 6.54 Å². The molecule has 3 nitrogen and oxygen atoms in total. The fourth-order valence-electron chi connectivity index (χ4n) is 2.01. The molecule has 1 amide bonds. The second kappa shape index (κ2) is 5.54. The minimum absolute atomic E-state index is 0.125. The van der Waals surface area contributed by atoms with Crippen molar-refractivity contribution < 1.29 is 9.53 Å². The monoisotopic (exact) mass is 297 g/mol. The van der Waals surface area contributed by atoms with Gasteiger partial charge in [0.15, 0.2) is 0 Å². The summed E-state index contributed by atoms with van der Waals surface area (Å²) in [6.45, 7) is 3.41. The Balaban J connectivity index is 1.92. The molecule has 0 bridgehead atoms. The Labute approximate surface area is 110 Å². The Kier molecular flexibility index (Phi) is 4.05. The van der Waals surface area contributed by atoms with E-state index < -0.39 is 0 Å². The largest absolute Gasteiger partial charge is 0.488 e. The lowest BCUT2D eigenvalue weighted by molar-refractivity contribution is -0.130. The highest BCUT2D eigenvalue weighted by Crippen LogP contribution is 2.22. The van der Waals surface area contributed by atoms with Crippen molar-refractivity contribution >= 4 is 21.8 Å². The molecule has 1 unspecified atom stereocenters. The highest BCUT2D eigenvalue weighted by atomic mass is 79.9. The number of hydrogen-bond donors (Lipinski definition) is 0. The van der Waals surface area contributed by atoms with E-state index in [1.165, 1.54) is 0 Å². The van der Waals surface area contributed by atoms with E-state index in [-0.39, 0.29) is 12.0 Å². The molecule has 0 radical (unpaired) electrons. The van der Waals surface area contributed by atoms with Crippen LogP contribution in [0.5, 0.6) is 5.75 Å². The van der Waals surface area contributed by atoms with Crippen LogP contribution < -0.4 is 4.74 Å². The van der Waals surface area contributed by atoms with Gasteiger partial charge in [-0.15, -0.1) is 0 Å². The first-order chi connectivity index (χ1) is 8.19. The van der Waals surface area contributed by atoms with E-state index >= 15 is 0 Å². The molecule has 2 rings (SSSR count). The fraction of sp³-hybridized carbons (Fsp3) is 0.462. The summed E-state index contributed by atoms with van der Waals surface area (Å²) in [6.07, 6.45) is 1.61. The molecular weight excluding hydrogens is 282 g/mol. The van der Waals surface area contributed by atoms with Crippen LogP contribution in [-0.4, -0.2) is 30.0 Å². The van der Waals surface area contributed by atoms with Crippen LogP contribution in [0.25, 0.3) is 0 Å². The van der Waals surface area contributed by atoms with Crippen molar-refractivity contribution in [3.8, 4) is 5.75 Å². The number of likely N-dealkylation sites (tertiary alicyclic amines) is 1. The average molecular weight is 298 g/mol. The van der Waals surface area contributed by atoms with Crippen LogP contribution in [0.15, 0.2) is 28.7 Å². The van der Waals surface area contributed by atoms with Crippen LogP contribution in [0.1, 0.15) is 19.8 Å². The molecule has 1 aromatic carbocycles. The number of hydrogen-bond acceptors (Lipinski definition) is 2. The molecule has 1 aromatic rings. The first kappa shape index (κ1) is 12.4. The summed E-state index contributed by atoms with van der Waals surface area (Å²) in [5.74, 6) is 1.07. The third kappa shape index (κ3) is 3.22. The number of ether oxygens (including phenoxy) is 1. The van der Waals surface area contributed by atoms with Gasteiger partial charge in [0.2, 0.25) is 5.91 Å². The first-order valence-corrected chi connectivity index (χ1v) is 6.68. The number of carbonyl (C=O) groups excluding carboxylic acids is 1. The first-order valence-electron chi connectivity index (χ1n) is 5.89. The number of amides is 1. The van der Waals surface area contributed by atoms with E-state index in [2.05, 4.69) is 15.9 Å². The van der Waals surface area contributed by atoms with E-state index in [4.69, 9.17) is 4.74 Å². The molecule has 1 atom stereocenters. The maximum atomic E-state index is 11.5. The molecule has 1 aliphatic heterocycles. The zero-order chi connectivity index (χ0) is 12.3. The van der Waals surface area contributed by atoms with Crippen molar-refractivity contribution in [3.05, 3.63) is 28.7 Å². The van der Waals surface area contributed by atoms with Crippen LogP contribution in [0.4, 0.5) is 0 Å². The molecule has 92 valence electrons. The summed E-state index contributed by atoms with van der Waals surface area (Å²) in [5.41, 5.74) is 0. The quantitative estimate of drug-likeness (QED) is 0.859. The molecule has 1 heterocycles. The standard InChI is InChI=1S/C13H16BrNO2/c1-2-13(16)15-7-6-12(9-15)17-11-5-3-4-10(14)8-11/h3-5,8,12H,2,6-7,9H2,1H3. The number of benzene rings is 1. The van der Waals surface area contributed by atoms with Gasteiger partial charge in [-0.1, -0.05) is 28.9 Å². The molecule has 1 saturated heterocycles. The van der Waals surface area contributed by atoms with Crippen LogP contribution in [-0.2, 0) is 4.79 Å². The maximum Gasteiger partial charge on any atom is 0.222 e. The van der Waals surface area contributed by atoms with Crippen molar-refractivity contribution in [2.75, 3.05) is 13.1 Å². The third-order valence-electron chi connectivity index (χ3n) is 2.90. The van der Waals surface area contributed by atoms with Crippen LogP contribution in [0.2, 0.25) is 0 Å². The Bertz CT molecular complexity index is 408. The lowest BCUT2D eigenvalue weighted by atomic mass is 10.3. The molecular formula is C13H16BrNO2. The van der Waals surface area contributed by atoms with E-state index in [1.807, 2.05) is 36.1 Å². The van der Waals surface area contributed by atoms with Crippen LogP contribution in [0.3, 0.4) is 0 Å². The van der Waals surface area contributed by atoms with Crippen LogP contribution >= 0.6 is 15.9 Å². The molecule has 0 N–H and O–H groups in total. The van der Waals surface area contributed by atoms with Gasteiger partial charge in [0.25, 0.3) is 0 Å². The Hall–Kier alpha value is -1.03. The number of rotatable bonds is 3. The smallest absolute Gasteiger partial charge is 0.222 e. The topological polar surface area (TPSA) is 29.5 Å². The second-order valence-corrected chi connectivity index (χ2v) is 5.09. The van der Waals surface area contributed by atoms with E-state index in [0.29, 0.717) is 13.0 Å². The highest BCUT2D eigenvalue weighted by molar-refractivity contribution is 9.10. The summed E-state index contributed by atoms with van der Waals surface area (Å²) in [7, 11) is 0. The molecule has 1 aliphatic rings. The summed E-state index contributed by atoms with van der Waals surface area (Å²) in [5, 5.41) is 0. The van der Waals surface area contributed by atoms with Crippen LogP contribution in [0, 0.1) is 0 Å². The number of carbonyl (C=O) groups is 1. The van der Waals surface area contributed by atoms with Crippen molar-refractivity contribution in [1.29, 1.82) is 0 Å². The second-order valence-electron chi connectivity index (χ2n) is 4.18. The summed E-state index contributed by atoms with van der Waals surface area (Å²) in [4.78, 5) is 13.4. The molecule has 0 aliphatic carbocycles. The maximum absolute atomic E-state index is 11.5. The Morgan fingerprint density at radius 2 is 2.41 bits per heavy atom. The van der Waals surface area contributed by atoms with Gasteiger partial charge in [-0.25, -0.2) is 0 Å². The Morgan fingerprint density at radius 1 is 1.59 bits per heavy atom. The lowest BCUT2D eigenvalue weighted by Crippen LogP contribution is -2.30. The number of nitrogens with zero attached hydrogens (tertiary/aromatic N) is 1. The fourth-order valence-corrected chi connectivity index (χ4v) is 2.39. The van der Waals surface area contributed by atoms with Crippen molar-refractivity contribution in [1.82, 2.24) is 4.90 Å². The van der Waals surface area contributed by atoms with E-state index in [9.17, 15) is 4.79 Å². The summed E-state index contributed by atoms with van der Waals surface area (Å²) < 4.78 is 6.87. The molecule has 0 spiro atoms. The minimum atomic E-state index is 0.125. The van der Waals surface area contributed by atoms with E-state index in [1.54, 1.807) is 0 Å².